The highest BCUT2D eigenvalue weighted by Gasteiger charge is 2.23. The fraction of sp³-hybridized carbons (Fsp3) is 0.550. The molecule has 0 bridgehead atoms. The lowest BCUT2D eigenvalue weighted by Crippen LogP contribution is -2.26. The Balaban J connectivity index is 3.10. The summed E-state index contributed by atoms with van der Waals surface area (Å²) >= 11 is 0. The molecule has 1 atom stereocenters. The quantitative estimate of drug-likeness (QED) is 0.661. The minimum Gasteiger partial charge on any atom is -0.460 e. The van der Waals surface area contributed by atoms with Gasteiger partial charge in [0.15, 0.2) is 6.10 Å². The monoisotopic (exact) mass is 318 g/mol. The van der Waals surface area contributed by atoms with E-state index < -0.39 is 12.1 Å². The Labute approximate surface area is 140 Å². The molecule has 0 aliphatic carbocycles. The second kappa shape index (κ2) is 7.31. The smallest absolute Gasteiger partial charge is 0.335 e. The summed E-state index contributed by atoms with van der Waals surface area (Å²) in [6.45, 7) is 16.6. The van der Waals surface area contributed by atoms with Crippen molar-refractivity contribution in [2.24, 2.45) is 0 Å². The van der Waals surface area contributed by atoms with Crippen LogP contribution in [0.3, 0.4) is 0 Å². The van der Waals surface area contributed by atoms with Crippen LogP contribution in [0.5, 0.6) is 0 Å². The molecular weight excluding hydrogens is 288 g/mol. The molecule has 128 valence electrons. The van der Waals surface area contributed by atoms with Gasteiger partial charge in [-0.1, -0.05) is 72.4 Å². The maximum atomic E-state index is 11.7. The van der Waals surface area contributed by atoms with E-state index in [0.717, 1.165) is 5.56 Å². The number of ether oxygens (including phenoxy) is 1. The van der Waals surface area contributed by atoms with E-state index in [1.165, 1.54) is 17.2 Å². The van der Waals surface area contributed by atoms with Crippen molar-refractivity contribution in [3.05, 3.63) is 47.5 Å². The van der Waals surface area contributed by atoms with Gasteiger partial charge < -0.3 is 9.84 Å². The maximum absolute atomic E-state index is 11.7. The van der Waals surface area contributed by atoms with Crippen LogP contribution >= 0.6 is 0 Å². The number of hydrogen-bond donors (Lipinski definition) is 1. The molecule has 0 aliphatic heterocycles. The number of rotatable bonds is 5. The van der Waals surface area contributed by atoms with E-state index in [1.807, 2.05) is 0 Å². The minimum atomic E-state index is -1.15. The van der Waals surface area contributed by atoms with Crippen molar-refractivity contribution in [1.29, 1.82) is 0 Å². The Morgan fingerprint density at radius 2 is 1.61 bits per heavy atom. The van der Waals surface area contributed by atoms with Gasteiger partial charge in [-0.3, -0.25) is 0 Å². The molecule has 0 aromatic heterocycles. The van der Waals surface area contributed by atoms with E-state index in [9.17, 15) is 9.90 Å². The Morgan fingerprint density at radius 3 is 2.00 bits per heavy atom. The van der Waals surface area contributed by atoms with Gasteiger partial charge in [0.1, 0.15) is 6.61 Å². The van der Waals surface area contributed by atoms with Crippen LogP contribution in [0.1, 0.15) is 58.2 Å². The summed E-state index contributed by atoms with van der Waals surface area (Å²) in [4.78, 5) is 11.7. The van der Waals surface area contributed by atoms with Gasteiger partial charge in [-0.2, -0.15) is 0 Å². The summed E-state index contributed by atoms with van der Waals surface area (Å²) < 4.78 is 4.91. The molecular formula is C20H30O3. The van der Waals surface area contributed by atoms with Crippen LogP contribution < -0.4 is 0 Å². The van der Waals surface area contributed by atoms with Crippen LogP contribution in [0, 0.1) is 0 Å². The van der Waals surface area contributed by atoms with Crippen LogP contribution in [0.2, 0.25) is 0 Å². The van der Waals surface area contributed by atoms with Gasteiger partial charge in [0.05, 0.1) is 0 Å². The minimum absolute atomic E-state index is 0.00428. The maximum Gasteiger partial charge on any atom is 0.335 e. The lowest BCUT2D eigenvalue weighted by atomic mass is 9.79. The third kappa shape index (κ3) is 5.83. The molecule has 1 unspecified atom stereocenters. The molecule has 0 saturated heterocycles. The zero-order valence-corrected chi connectivity index (χ0v) is 15.3. The van der Waals surface area contributed by atoms with Gasteiger partial charge >= 0.3 is 5.97 Å². The standard InChI is InChI=1S/C20H30O3/c1-8-9-23-18(22)17(21)12-14-10-15(19(2,3)4)13-16(11-14)20(5,6)7/h8,10-11,13,17,21H,1,9,12H2,2-7H3. The van der Waals surface area contributed by atoms with Gasteiger partial charge in [0.25, 0.3) is 0 Å². The van der Waals surface area contributed by atoms with Gasteiger partial charge in [-0.05, 0) is 27.5 Å². The van der Waals surface area contributed by atoms with Crippen molar-refractivity contribution in [1.82, 2.24) is 0 Å². The predicted octanol–water partition coefficient (Wildman–Crippen LogP) is 3.91. The number of esters is 1. The summed E-state index contributed by atoms with van der Waals surface area (Å²) in [5.41, 5.74) is 3.36. The average Bonchev–Trinajstić information content (AvgIpc) is 2.42. The fourth-order valence-corrected chi connectivity index (χ4v) is 2.22. The Hall–Kier alpha value is -1.61. The number of benzene rings is 1. The van der Waals surface area contributed by atoms with Gasteiger partial charge in [0.2, 0.25) is 0 Å². The molecule has 1 N–H and O–H groups in total. The number of hydrogen-bond acceptors (Lipinski definition) is 3. The largest absolute Gasteiger partial charge is 0.460 e. The van der Waals surface area contributed by atoms with Crippen molar-refractivity contribution in [3.63, 3.8) is 0 Å². The fourth-order valence-electron chi connectivity index (χ4n) is 2.22. The Morgan fingerprint density at radius 1 is 1.13 bits per heavy atom. The second-order valence-corrected chi connectivity index (χ2v) is 8.06. The molecule has 0 aliphatic rings. The molecule has 0 radical (unpaired) electrons. The molecule has 0 heterocycles. The zero-order valence-electron chi connectivity index (χ0n) is 15.3. The van der Waals surface area contributed by atoms with Crippen LogP contribution in [0.25, 0.3) is 0 Å². The van der Waals surface area contributed by atoms with Crippen molar-refractivity contribution < 1.29 is 14.6 Å². The summed E-state index contributed by atoms with van der Waals surface area (Å²) in [6.07, 6.45) is 0.587. The summed E-state index contributed by atoms with van der Waals surface area (Å²) in [5, 5.41) is 10.1. The van der Waals surface area contributed by atoms with Crippen molar-refractivity contribution in [2.45, 2.75) is 64.9 Å². The van der Waals surface area contributed by atoms with Crippen LogP contribution in [0.4, 0.5) is 0 Å². The average molecular weight is 318 g/mol. The normalized spacial score (nSPS) is 13.5. The number of carbonyl (C=O) groups excluding carboxylic acids is 1. The highest BCUT2D eigenvalue weighted by molar-refractivity contribution is 5.74. The first-order chi connectivity index (χ1) is 10.4. The Bertz CT molecular complexity index is 527. The molecule has 3 heteroatoms. The zero-order chi connectivity index (χ0) is 17.8. The van der Waals surface area contributed by atoms with Crippen LogP contribution in [-0.4, -0.2) is 23.8 Å². The lowest BCUT2D eigenvalue weighted by molar-refractivity contribution is -0.152. The lowest BCUT2D eigenvalue weighted by Gasteiger charge is -2.26. The molecule has 0 saturated carbocycles. The van der Waals surface area contributed by atoms with Crippen LogP contribution in [0.15, 0.2) is 30.9 Å². The van der Waals surface area contributed by atoms with Crippen molar-refractivity contribution in [2.75, 3.05) is 6.61 Å². The predicted molar refractivity (Wildman–Crippen MR) is 94.7 cm³/mol. The van der Waals surface area contributed by atoms with E-state index in [4.69, 9.17) is 4.74 Å². The Kier molecular flexibility index (Phi) is 6.18. The van der Waals surface area contributed by atoms with Crippen molar-refractivity contribution >= 4 is 5.97 Å². The number of carbonyl (C=O) groups is 1. The highest BCUT2D eigenvalue weighted by Crippen LogP contribution is 2.30. The van der Waals surface area contributed by atoms with Gasteiger partial charge in [-0.25, -0.2) is 4.79 Å². The molecule has 0 spiro atoms. The summed E-state index contributed by atoms with van der Waals surface area (Å²) in [7, 11) is 0. The SMILES string of the molecule is C=CCOC(=O)C(O)Cc1cc(C(C)(C)C)cc(C(C)(C)C)c1. The van der Waals surface area contributed by atoms with Gasteiger partial charge in [-0.15, -0.1) is 0 Å². The van der Waals surface area contributed by atoms with Gasteiger partial charge in [0, 0.05) is 6.42 Å². The molecule has 0 amide bonds. The first kappa shape index (κ1) is 19.4. The molecule has 3 nitrogen and oxygen atoms in total. The first-order valence-electron chi connectivity index (χ1n) is 8.05. The number of aliphatic hydroxyl groups is 1. The van der Waals surface area contributed by atoms with E-state index in [2.05, 4.69) is 66.3 Å². The summed E-state index contributed by atoms with van der Waals surface area (Å²) in [6, 6.07) is 6.35. The van der Waals surface area contributed by atoms with Crippen molar-refractivity contribution in [3.8, 4) is 0 Å². The number of aliphatic hydroxyl groups excluding tert-OH is 1. The molecule has 1 aromatic carbocycles. The summed E-state index contributed by atoms with van der Waals surface area (Å²) in [5.74, 6) is -0.608. The van der Waals surface area contributed by atoms with Crippen LogP contribution in [-0.2, 0) is 26.8 Å². The first-order valence-corrected chi connectivity index (χ1v) is 8.05. The molecule has 23 heavy (non-hydrogen) atoms. The second-order valence-electron chi connectivity index (χ2n) is 8.06. The van der Waals surface area contributed by atoms with E-state index >= 15 is 0 Å². The molecule has 1 rings (SSSR count). The molecule has 1 aromatic rings. The molecule has 0 fully saturated rings. The van der Waals surface area contributed by atoms with E-state index in [1.54, 1.807) is 0 Å². The van der Waals surface area contributed by atoms with E-state index in [0.29, 0.717) is 0 Å². The topological polar surface area (TPSA) is 46.5 Å². The third-order valence-corrected chi connectivity index (χ3v) is 3.77. The van der Waals surface area contributed by atoms with E-state index in [-0.39, 0.29) is 23.9 Å². The highest BCUT2D eigenvalue weighted by atomic mass is 16.5. The third-order valence-electron chi connectivity index (χ3n) is 3.77.